The Morgan fingerprint density at radius 3 is 1.55 bits per heavy atom. The van der Waals surface area contributed by atoms with E-state index in [-0.39, 0.29) is 27.3 Å². The van der Waals surface area contributed by atoms with E-state index in [1.54, 1.807) is 60.7 Å². The summed E-state index contributed by atoms with van der Waals surface area (Å²) in [6.07, 6.45) is 0. The third kappa shape index (κ3) is 4.57. The molecule has 2 N–H and O–H groups in total. The molecular weight excluding hydrogens is 489 g/mol. The number of fused-ring (bicyclic) bond motifs is 1. The third-order valence-corrected chi connectivity index (χ3v) is 5.38. The Labute approximate surface area is 203 Å². The van der Waals surface area contributed by atoms with Gasteiger partial charge in [0, 0.05) is 16.7 Å². The zero-order chi connectivity index (χ0) is 23.6. The highest BCUT2D eigenvalue weighted by Gasteiger charge is 2.48. The third-order valence-electron chi connectivity index (χ3n) is 4.87. The van der Waals surface area contributed by atoms with Gasteiger partial charge in [-0.25, -0.2) is 4.79 Å². The molecule has 0 amide bonds. The van der Waals surface area contributed by atoms with Gasteiger partial charge in [-0.3, -0.25) is 0 Å². The lowest BCUT2D eigenvalue weighted by molar-refractivity contribution is 0.0251. The molecule has 0 unspecified atom stereocenters. The number of carbonyl (C=O) groups excluding carboxylic acids is 1. The Bertz CT molecular complexity index is 1220. The lowest BCUT2D eigenvalue weighted by atomic mass is 9.80. The number of benzene rings is 3. The van der Waals surface area contributed by atoms with Gasteiger partial charge >= 0.3 is 5.97 Å². The Hall–Kier alpha value is -3.39. The molecule has 1 aliphatic rings. The van der Waals surface area contributed by atoms with Crippen molar-refractivity contribution in [2.24, 2.45) is 0 Å². The van der Waals surface area contributed by atoms with Crippen LogP contribution in [-0.2, 0) is 10.3 Å². The monoisotopic (exact) mass is 501 g/mol. The predicted octanol–water partition coefficient (Wildman–Crippen LogP) is 5.39. The van der Waals surface area contributed by atoms with Crippen LogP contribution in [0.25, 0.3) is 0 Å². The summed E-state index contributed by atoms with van der Waals surface area (Å²) in [5, 5.41) is 19.2. The van der Waals surface area contributed by atoms with Crippen LogP contribution in [0.3, 0.4) is 0 Å². The van der Waals surface area contributed by atoms with Crippen LogP contribution in [-0.4, -0.2) is 31.1 Å². The van der Waals surface area contributed by atoms with Gasteiger partial charge in [-0.05, 0) is 65.1 Å². The van der Waals surface area contributed by atoms with E-state index in [9.17, 15) is 15.0 Å². The van der Waals surface area contributed by atoms with Crippen molar-refractivity contribution in [2.45, 2.75) is 5.60 Å². The predicted molar refractivity (Wildman–Crippen MR) is 123 cm³/mol. The summed E-state index contributed by atoms with van der Waals surface area (Å²) in [5.74, 6) is -0.124. The zero-order valence-electron chi connectivity index (χ0n) is 16.6. The molecule has 0 bridgehead atoms. The van der Waals surface area contributed by atoms with Crippen molar-refractivity contribution in [3.8, 4) is 11.5 Å². The van der Waals surface area contributed by atoms with E-state index < -0.39 is 11.6 Å². The van der Waals surface area contributed by atoms with E-state index in [4.69, 9.17) is 39.5 Å². The lowest BCUT2D eigenvalue weighted by Gasteiger charge is -2.30. The smallest absolute Gasteiger partial charge is 0.340 e. The summed E-state index contributed by atoms with van der Waals surface area (Å²) < 4.78 is 5.87. The van der Waals surface area contributed by atoms with E-state index in [1.807, 2.05) is 12.1 Å². The van der Waals surface area contributed by atoms with Gasteiger partial charge in [-0.1, -0.05) is 42.5 Å². The minimum atomic E-state index is -1.10. The fourth-order valence-corrected chi connectivity index (χ4v) is 4.12. The molecule has 166 valence electrons. The molecule has 0 fully saturated rings. The number of phenolic OH excluding ortho intramolecular Hbond substituents is 2. The number of rotatable bonds is 2. The lowest BCUT2D eigenvalue weighted by Crippen LogP contribution is -2.29. The van der Waals surface area contributed by atoms with Crippen molar-refractivity contribution < 1.29 is 19.7 Å². The maximum atomic E-state index is 12.4. The zero-order valence-corrected chi connectivity index (χ0v) is 18.9. The van der Waals surface area contributed by atoms with Crippen molar-refractivity contribution in [1.82, 2.24) is 15.0 Å². The number of nitrogens with zero attached hydrogens (tertiary/aromatic N) is 3. The highest BCUT2D eigenvalue weighted by molar-refractivity contribution is 6.33. The van der Waals surface area contributed by atoms with Gasteiger partial charge in [0.15, 0.2) is 5.60 Å². The summed E-state index contributed by atoms with van der Waals surface area (Å²) in [5.41, 5.74) is 1.60. The van der Waals surface area contributed by atoms with Crippen LogP contribution in [0.4, 0.5) is 0 Å². The van der Waals surface area contributed by atoms with Gasteiger partial charge in [-0.2, -0.15) is 15.0 Å². The minimum absolute atomic E-state index is 0.000000000000000444. The van der Waals surface area contributed by atoms with Crippen LogP contribution in [0.5, 0.6) is 11.5 Å². The second-order valence-electron chi connectivity index (χ2n) is 6.85. The van der Waals surface area contributed by atoms with Crippen LogP contribution in [0.15, 0.2) is 72.8 Å². The number of cyclic esters (lactones) is 1. The summed E-state index contributed by atoms with van der Waals surface area (Å²) >= 11 is 16.0. The molecule has 5 rings (SSSR count). The maximum Gasteiger partial charge on any atom is 0.340 e. The average Bonchev–Trinajstić information content (AvgIpc) is 3.08. The van der Waals surface area contributed by atoms with E-state index in [2.05, 4.69) is 15.0 Å². The molecule has 0 spiro atoms. The number of phenols is 2. The van der Waals surface area contributed by atoms with E-state index in [1.165, 1.54) is 0 Å². The van der Waals surface area contributed by atoms with Crippen molar-refractivity contribution in [2.75, 3.05) is 0 Å². The molecule has 33 heavy (non-hydrogen) atoms. The van der Waals surface area contributed by atoms with Crippen LogP contribution >= 0.6 is 34.8 Å². The van der Waals surface area contributed by atoms with Crippen molar-refractivity contribution in [3.63, 3.8) is 0 Å². The Kier molecular flexibility index (Phi) is 6.37. The van der Waals surface area contributed by atoms with Crippen LogP contribution in [0.2, 0.25) is 15.9 Å². The Balaban J connectivity index is 0.000000243. The van der Waals surface area contributed by atoms with Crippen LogP contribution in [0.1, 0.15) is 27.0 Å². The fourth-order valence-electron chi connectivity index (χ4n) is 3.51. The molecule has 4 aromatic rings. The molecule has 0 aliphatic carbocycles. The second-order valence-corrected chi connectivity index (χ2v) is 7.87. The first-order valence-corrected chi connectivity index (χ1v) is 10.6. The van der Waals surface area contributed by atoms with Crippen molar-refractivity contribution in [3.05, 3.63) is 111 Å². The summed E-state index contributed by atoms with van der Waals surface area (Å²) in [6.45, 7) is 0. The van der Waals surface area contributed by atoms with Gasteiger partial charge in [0.1, 0.15) is 11.5 Å². The number of hydrogen-bond donors (Lipinski definition) is 2. The first-order chi connectivity index (χ1) is 15.8. The molecule has 1 aromatic heterocycles. The number of esters is 1. The largest absolute Gasteiger partial charge is 0.508 e. The summed E-state index contributed by atoms with van der Waals surface area (Å²) in [7, 11) is 0. The van der Waals surface area contributed by atoms with Gasteiger partial charge in [0.05, 0.1) is 5.56 Å². The van der Waals surface area contributed by atoms with Gasteiger partial charge < -0.3 is 14.9 Å². The quantitative estimate of drug-likeness (QED) is 0.354. The number of aromatic hydroxyl groups is 2. The number of ether oxygens (including phenoxy) is 1. The molecule has 0 radical (unpaired) electrons. The van der Waals surface area contributed by atoms with Crippen molar-refractivity contribution in [1.29, 1.82) is 0 Å². The normalized spacial score (nSPS) is 13.5. The van der Waals surface area contributed by atoms with Gasteiger partial charge in [-0.15, -0.1) is 0 Å². The fraction of sp³-hybridized carbons (Fsp3) is 0.0435. The molecule has 7 nitrogen and oxygen atoms in total. The first kappa shape index (κ1) is 22.8. The standard InChI is InChI=1S/C20H14O4.C3Cl3N3/c21-15-9-5-13(6-10-15)20(14-7-11-16(22)12-8-14)18-4-2-1-3-17(18)19(23)24-20;4-1-7-2(5)9-3(6)8-1/h1-12,21-22H;. The molecular formula is C23H14Cl3N3O4. The minimum Gasteiger partial charge on any atom is -0.508 e. The molecule has 0 saturated carbocycles. The summed E-state index contributed by atoms with van der Waals surface area (Å²) in [4.78, 5) is 22.8. The van der Waals surface area contributed by atoms with E-state index in [0.717, 1.165) is 16.7 Å². The second kappa shape index (κ2) is 9.23. The van der Waals surface area contributed by atoms with Crippen LogP contribution in [0, 0.1) is 0 Å². The Morgan fingerprint density at radius 2 is 1.09 bits per heavy atom. The molecule has 3 aromatic carbocycles. The SMILES string of the molecule is Clc1nc(Cl)nc(Cl)n1.O=C1OC(c2ccc(O)cc2)(c2ccc(O)cc2)c2ccccc21. The van der Waals surface area contributed by atoms with E-state index in [0.29, 0.717) is 5.56 Å². The first-order valence-electron chi connectivity index (χ1n) is 9.44. The highest BCUT2D eigenvalue weighted by Crippen LogP contribution is 2.47. The summed E-state index contributed by atoms with van der Waals surface area (Å²) in [6, 6.07) is 20.4. The molecule has 10 heteroatoms. The average molecular weight is 503 g/mol. The number of hydrogen-bond acceptors (Lipinski definition) is 7. The molecule has 0 atom stereocenters. The van der Waals surface area contributed by atoms with Crippen LogP contribution < -0.4 is 0 Å². The number of carbonyl (C=O) groups is 1. The van der Waals surface area contributed by atoms with E-state index >= 15 is 0 Å². The number of halogens is 3. The molecule has 1 aliphatic heterocycles. The molecule has 0 saturated heterocycles. The van der Waals surface area contributed by atoms with Gasteiger partial charge in [0.25, 0.3) is 0 Å². The van der Waals surface area contributed by atoms with Crippen molar-refractivity contribution >= 4 is 40.8 Å². The highest BCUT2D eigenvalue weighted by atomic mass is 35.5. The van der Waals surface area contributed by atoms with Gasteiger partial charge in [0.2, 0.25) is 15.9 Å². The maximum absolute atomic E-state index is 12.4. The number of aromatic nitrogens is 3. The molecule has 2 heterocycles. The topological polar surface area (TPSA) is 105 Å². The Morgan fingerprint density at radius 1 is 0.667 bits per heavy atom.